The van der Waals surface area contributed by atoms with Gasteiger partial charge in [-0.3, -0.25) is 0 Å². The molecular formula is C17H16N4S. The number of nitrogens with two attached hydrogens (primary N) is 1. The highest BCUT2D eigenvalue weighted by Crippen LogP contribution is 2.24. The number of anilines is 1. The summed E-state index contributed by atoms with van der Waals surface area (Å²) in [6, 6.07) is 17.7. The Labute approximate surface area is 134 Å². The first kappa shape index (κ1) is 14.5. The van der Waals surface area contributed by atoms with E-state index in [0.717, 1.165) is 16.7 Å². The summed E-state index contributed by atoms with van der Waals surface area (Å²) in [5, 5.41) is 0.192. The van der Waals surface area contributed by atoms with Crippen molar-refractivity contribution in [3.8, 4) is 22.8 Å². The lowest BCUT2D eigenvalue weighted by Crippen LogP contribution is -2.02. The maximum atomic E-state index is 5.84. The Morgan fingerprint density at radius 2 is 1.36 bits per heavy atom. The molecule has 2 N–H and O–H groups in total. The van der Waals surface area contributed by atoms with Crippen molar-refractivity contribution < 1.29 is 0 Å². The highest BCUT2D eigenvalue weighted by Gasteiger charge is 2.09. The van der Waals surface area contributed by atoms with Crippen molar-refractivity contribution in [1.29, 1.82) is 0 Å². The fourth-order valence-electron chi connectivity index (χ4n) is 2.15. The van der Waals surface area contributed by atoms with E-state index in [-0.39, 0.29) is 11.2 Å². The van der Waals surface area contributed by atoms with Crippen LogP contribution in [0.2, 0.25) is 0 Å². The minimum Gasteiger partial charge on any atom is -0.368 e. The average Bonchev–Trinajstić information content (AvgIpc) is 2.55. The van der Waals surface area contributed by atoms with E-state index >= 15 is 0 Å². The summed E-state index contributed by atoms with van der Waals surface area (Å²) in [5.74, 6) is 1.37. The summed E-state index contributed by atoms with van der Waals surface area (Å²) in [5.41, 5.74) is 8.81. The van der Waals surface area contributed by atoms with E-state index in [1.165, 1.54) is 0 Å². The molecule has 0 fully saturated rings. The SMILES string of the molecule is CC(S)c1ccc(-c2nc(N)nc(-c3ccccc3)n2)cc1. The van der Waals surface area contributed by atoms with Gasteiger partial charge in [-0.2, -0.15) is 22.6 Å². The van der Waals surface area contributed by atoms with E-state index in [2.05, 4.69) is 27.6 Å². The van der Waals surface area contributed by atoms with Gasteiger partial charge in [0.2, 0.25) is 5.95 Å². The largest absolute Gasteiger partial charge is 0.368 e. The quantitative estimate of drug-likeness (QED) is 0.723. The third-order valence-electron chi connectivity index (χ3n) is 3.34. The lowest BCUT2D eigenvalue weighted by Gasteiger charge is -2.07. The van der Waals surface area contributed by atoms with Crippen molar-refractivity contribution in [2.24, 2.45) is 0 Å². The molecule has 0 bridgehead atoms. The Morgan fingerprint density at radius 1 is 0.818 bits per heavy atom. The molecule has 0 spiro atoms. The van der Waals surface area contributed by atoms with Crippen LogP contribution >= 0.6 is 12.6 Å². The second-order valence-corrected chi connectivity index (χ2v) is 5.78. The maximum absolute atomic E-state index is 5.84. The van der Waals surface area contributed by atoms with Crippen LogP contribution in [0.5, 0.6) is 0 Å². The van der Waals surface area contributed by atoms with Crippen LogP contribution in [-0.2, 0) is 0 Å². The van der Waals surface area contributed by atoms with E-state index in [9.17, 15) is 0 Å². The Hall–Kier alpha value is -2.40. The Kier molecular flexibility index (Phi) is 4.06. The molecule has 0 aliphatic heterocycles. The topological polar surface area (TPSA) is 64.7 Å². The van der Waals surface area contributed by atoms with Crippen molar-refractivity contribution in [1.82, 2.24) is 15.0 Å². The summed E-state index contributed by atoms with van der Waals surface area (Å²) in [4.78, 5) is 13.0. The summed E-state index contributed by atoms with van der Waals surface area (Å²) in [7, 11) is 0. The fourth-order valence-corrected chi connectivity index (χ4v) is 2.32. The van der Waals surface area contributed by atoms with Crippen LogP contribution in [0.25, 0.3) is 22.8 Å². The van der Waals surface area contributed by atoms with Gasteiger partial charge in [-0.25, -0.2) is 4.98 Å². The molecule has 0 amide bonds. The molecule has 4 nitrogen and oxygen atoms in total. The molecule has 5 heteroatoms. The molecule has 1 atom stereocenters. The second kappa shape index (κ2) is 6.15. The zero-order valence-corrected chi connectivity index (χ0v) is 13.0. The zero-order valence-electron chi connectivity index (χ0n) is 12.1. The van der Waals surface area contributed by atoms with Crippen molar-refractivity contribution in [2.75, 3.05) is 5.73 Å². The minimum absolute atomic E-state index is 0.192. The minimum atomic E-state index is 0.192. The van der Waals surface area contributed by atoms with Gasteiger partial charge in [0.25, 0.3) is 0 Å². The number of hydrogen-bond donors (Lipinski definition) is 2. The number of nitrogen functional groups attached to an aromatic ring is 1. The molecule has 2 aromatic carbocycles. The van der Waals surface area contributed by atoms with Crippen LogP contribution in [0.3, 0.4) is 0 Å². The highest BCUT2D eigenvalue weighted by molar-refractivity contribution is 7.80. The van der Waals surface area contributed by atoms with Crippen LogP contribution < -0.4 is 5.73 Å². The van der Waals surface area contributed by atoms with Crippen molar-refractivity contribution in [3.63, 3.8) is 0 Å². The maximum Gasteiger partial charge on any atom is 0.224 e. The third kappa shape index (κ3) is 3.09. The molecule has 0 aliphatic rings. The number of rotatable bonds is 3. The number of thiol groups is 1. The molecule has 3 aromatic rings. The summed E-state index contributed by atoms with van der Waals surface area (Å²) in [6.07, 6.45) is 0. The molecule has 0 aliphatic carbocycles. The van der Waals surface area contributed by atoms with Gasteiger partial charge in [-0.05, 0) is 12.5 Å². The lowest BCUT2D eigenvalue weighted by molar-refractivity contribution is 1.07. The first-order valence-corrected chi connectivity index (χ1v) is 7.50. The molecule has 22 heavy (non-hydrogen) atoms. The lowest BCUT2D eigenvalue weighted by atomic mass is 10.1. The van der Waals surface area contributed by atoms with Crippen molar-refractivity contribution in [3.05, 3.63) is 60.2 Å². The standard InChI is InChI=1S/C17H16N4S/c1-11(22)12-7-9-14(10-8-12)16-19-15(20-17(18)21-16)13-5-3-2-4-6-13/h2-11,22H,1H3,(H2,18,19,20,21). The van der Waals surface area contributed by atoms with Crippen LogP contribution in [0.1, 0.15) is 17.7 Å². The van der Waals surface area contributed by atoms with Crippen molar-refractivity contribution in [2.45, 2.75) is 12.2 Å². The van der Waals surface area contributed by atoms with Gasteiger partial charge in [0.1, 0.15) is 0 Å². The van der Waals surface area contributed by atoms with Gasteiger partial charge < -0.3 is 5.73 Å². The van der Waals surface area contributed by atoms with Gasteiger partial charge in [0.15, 0.2) is 11.6 Å². The average molecular weight is 308 g/mol. The molecule has 1 unspecified atom stereocenters. The Balaban J connectivity index is 2.02. The molecule has 0 saturated carbocycles. The first-order valence-electron chi connectivity index (χ1n) is 6.99. The predicted octanol–water partition coefficient (Wildman–Crippen LogP) is 3.78. The zero-order chi connectivity index (χ0) is 15.5. The monoisotopic (exact) mass is 308 g/mol. The van der Waals surface area contributed by atoms with Gasteiger partial charge in [-0.1, -0.05) is 54.6 Å². The Morgan fingerprint density at radius 3 is 1.91 bits per heavy atom. The van der Waals surface area contributed by atoms with Crippen LogP contribution in [0.4, 0.5) is 5.95 Å². The van der Waals surface area contributed by atoms with Gasteiger partial charge in [0.05, 0.1) is 0 Å². The van der Waals surface area contributed by atoms with E-state index in [0.29, 0.717) is 11.6 Å². The highest BCUT2D eigenvalue weighted by atomic mass is 32.1. The predicted molar refractivity (Wildman–Crippen MR) is 92.5 cm³/mol. The van der Waals surface area contributed by atoms with Crippen LogP contribution in [0.15, 0.2) is 54.6 Å². The third-order valence-corrected chi connectivity index (χ3v) is 3.63. The van der Waals surface area contributed by atoms with E-state index in [1.807, 2.05) is 61.5 Å². The molecule has 0 saturated heterocycles. The summed E-state index contributed by atoms with van der Waals surface area (Å²) < 4.78 is 0. The summed E-state index contributed by atoms with van der Waals surface area (Å²) in [6.45, 7) is 2.03. The van der Waals surface area contributed by atoms with E-state index < -0.39 is 0 Å². The number of aromatic nitrogens is 3. The number of benzene rings is 2. The molecule has 1 aromatic heterocycles. The molecule has 1 heterocycles. The normalized spacial score (nSPS) is 12.1. The van der Waals surface area contributed by atoms with Crippen LogP contribution in [-0.4, -0.2) is 15.0 Å². The number of hydrogen-bond acceptors (Lipinski definition) is 5. The summed E-state index contributed by atoms with van der Waals surface area (Å²) >= 11 is 4.43. The van der Waals surface area contributed by atoms with E-state index in [4.69, 9.17) is 5.73 Å². The first-order chi connectivity index (χ1) is 10.6. The van der Waals surface area contributed by atoms with Gasteiger partial charge >= 0.3 is 0 Å². The number of nitrogens with zero attached hydrogens (tertiary/aromatic N) is 3. The smallest absolute Gasteiger partial charge is 0.224 e. The van der Waals surface area contributed by atoms with Crippen LogP contribution in [0, 0.1) is 0 Å². The van der Waals surface area contributed by atoms with E-state index in [1.54, 1.807) is 0 Å². The molecule has 0 radical (unpaired) electrons. The van der Waals surface area contributed by atoms with Gasteiger partial charge in [0, 0.05) is 16.4 Å². The molecule has 3 rings (SSSR count). The fraction of sp³-hybridized carbons (Fsp3) is 0.118. The molecule has 110 valence electrons. The Bertz CT molecular complexity index is 770. The van der Waals surface area contributed by atoms with Gasteiger partial charge in [-0.15, -0.1) is 0 Å². The van der Waals surface area contributed by atoms with Crippen molar-refractivity contribution >= 4 is 18.6 Å². The molecular weight excluding hydrogens is 292 g/mol. The second-order valence-electron chi connectivity index (χ2n) is 5.00.